The van der Waals surface area contributed by atoms with Crippen LogP contribution < -0.4 is 0 Å². The molecule has 84 valence electrons. The molecule has 2 nitrogen and oxygen atoms in total. The minimum Gasteiger partial charge on any atom is -0.463 e. The first-order chi connectivity index (χ1) is 6.70. The largest absolute Gasteiger partial charge is 0.463 e. The minimum atomic E-state index is -0.152. The molecule has 0 N–H and O–H groups in total. The molecule has 0 radical (unpaired) electrons. The third kappa shape index (κ3) is 8.54. The second-order valence-corrected chi connectivity index (χ2v) is 4.35. The summed E-state index contributed by atoms with van der Waals surface area (Å²) in [7, 11) is 0. The van der Waals surface area contributed by atoms with E-state index in [1.807, 2.05) is 0 Å². The molecule has 0 amide bonds. The van der Waals surface area contributed by atoms with Crippen molar-refractivity contribution >= 4 is 21.9 Å². The van der Waals surface area contributed by atoms with Crippen LogP contribution in [0.25, 0.3) is 0 Å². The number of ether oxygens (including phenoxy) is 1. The van der Waals surface area contributed by atoms with E-state index in [0.29, 0.717) is 0 Å². The van der Waals surface area contributed by atoms with Gasteiger partial charge in [0.2, 0.25) is 0 Å². The second kappa shape index (κ2) is 9.50. The first-order valence-corrected chi connectivity index (χ1v) is 6.56. The molecule has 0 aliphatic rings. The molecule has 0 rings (SSSR count). The number of alkyl halides is 1. The topological polar surface area (TPSA) is 26.3 Å². The Balaban J connectivity index is 3.66. The highest BCUT2D eigenvalue weighted by molar-refractivity contribution is 9.09. The third-order valence-electron chi connectivity index (χ3n) is 2.12. The number of carbonyl (C=O) groups is 1. The fourth-order valence-electron chi connectivity index (χ4n) is 1.42. The fourth-order valence-corrected chi connectivity index (χ4v) is 1.75. The van der Waals surface area contributed by atoms with Gasteiger partial charge in [-0.05, 0) is 25.7 Å². The van der Waals surface area contributed by atoms with Crippen LogP contribution in [0.3, 0.4) is 0 Å². The Bertz CT molecular complexity index is 148. The van der Waals surface area contributed by atoms with Crippen LogP contribution in [0.1, 0.15) is 52.4 Å². The van der Waals surface area contributed by atoms with Crippen LogP contribution in [0.4, 0.5) is 0 Å². The van der Waals surface area contributed by atoms with Gasteiger partial charge in [-0.15, -0.1) is 0 Å². The highest BCUT2D eigenvalue weighted by Gasteiger charge is 2.10. The summed E-state index contributed by atoms with van der Waals surface area (Å²) in [6, 6.07) is 0. The first kappa shape index (κ1) is 13.9. The van der Waals surface area contributed by atoms with Gasteiger partial charge in [0.1, 0.15) is 6.10 Å². The monoisotopic (exact) mass is 264 g/mol. The molecule has 0 aromatic carbocycles. The van der Waals surface area contributed by atoms with Crippen molar-refractivity contribution in [1.82, 2.24) is 0 Å². The Morgan fingerprint density at radius 3 is 2.43 bits per heavy atom. The van der Waals surface area contributed by atoms with Gasteiger partial charge in [-0.1, -0.05) is 35.7 Å². The lowest BCUT2D eigenvalue weighted by molar-refractivity contribution is -0.147. The normalized spacial score (nSPS) is 12.5. The second-order valence-electron chi connectivity index (χ2n) is 3.56. The van der Waals surface area contributed by atoms with Gasteiger partial charge < -0.3 is 4.74 Å². The molecule has 0 heterocycles. The number of carbonyl (C=O) groups excluding carboxylic acids is 1. The van der Waals surface area contributed by atoms with Crippen LogP contribution in [0.5, 0.6) is 0 Å². The molecule has 0 aromatic rings. The summed E-state index contributed by atoms with van der Waals surface area (Å²) in [5.74, 6) is -0.152. The summed E-state index contributed by atoms with van der Waals surface area (Å²) in [5, 5.41) is 0.985. The summed E-state index contributed by atoms with van der Waals surface area (Å²) in [5.41, 5.74) is 0. The number of rotatable bonds is 8. The van der Waals surface area contributed by atoms with Crippen LogP contribution in [0, 0.1) is 0 Å². The van der Waals surface area contributed by atoms with Crippen LogP contribution in [-0.2, 0) is 9.53 Å². The predicted molar refractivity (Wildman–Crippen MR) is 62.7 cm³/mol. The van der Waals surface area contributed by atoms with Gasteiger partial charge in [-0.2, -0.15) is 0 Å². The van der Waals surface area contributed by atoms with Crippen LogP contribution in [0.15, 0.2) is 0 Å². The van der Waals surface area contributed by atoms with Crippen molar-refractivity contribution in [2.45, 2.75) is 58.5 Å². The standard InChI is InChI=1S/C11H21BrO2/c1-3-4-5-7-11(8-6-9-12)14-10(2)13/h11H,3-9H2,1-2H3/t11-/m1/s1. The van der Waals surface area contributed by atoms with E-state index < -0.39 is 0 Å². The lowest BCUT2D eigenvalue weighted by atomic mass is 10.1. The zero-order valence-corrected chi connectivity index (χ0v) is 10.8. The van der Waals surface area contributed by atoms with Gasteiger partial charge in [-0.25, -0.2) is 0 Å². The van der Waals surface area contributed by atoms with Crippen molar-refractivity contribution in [3.8, 4) is 0 Å². The van der Waals surface area contributed by atoms with Gasteiger partial charge in [0, 0.05) is 12.3 Å². The maximum atomic E-state index is 10.8. The molecular formula is C11H21BrO2. The third-order valence-corrected chi connectivity index (χ3v) is 2.68. The number of hydrogen-bond acceptors (Lipinski definition) is 2. The van der Waals surface area contributed by atoms with E-state index in [-0.39, 0.29) is 12.1 Å². The number of unbranched alkanes of at least 4 members (excludes halogenated alkanes) is 2. The van der Waals surface area contributed by atoms with E-state index in [0.717, 1.165) is 31.0 Å². The number of hydrogen-bond donors (Lipinski definition) is 0. The van der Waals surface area contributed by atoms with Gasteiger partial charge in [0.15, 0.2) is 0 Å². The molecule has 0 unspecified atom stereocenters. The molecule has 0 saturated heterocycles. The molecule has 0 bridgehead atoms. The van der Waals surface area contributed by atoms with E-state index in [9.17, 15) is 4.79 Å². The van der Waals surface area contributed by atoms with Crippen molar-refractivity contribution in [1.29, 1.82) is 0 Å². The van der Waals surface area contributed by atoms with E-state index >= 15 is 0 Å². The summed E-state index contributed by atoms with van der Waals surface area (Å²) in [6.45, 7) is 3.67. The van der Waals surface area contributed by atoms with E-state index in [4.69, 9.17) is 4.74 Å². The van der Waals surface area contributed by atoms with E-state index in [1.54, 1.807) is 0 Å². The zero-order chi connectivity index (χ0) is 10.8. The SMILES string of the molecule is CCCCC[C@H](CCCBr)OC(C)=O. The highest BCUT2D eigenvalue weighted by atomic mass is 79.9. The minimum absolute atomic E-state index is 0.136. The molecular weight excluding hydrogens is 244 g/mol. The highest BCUT2D eigenvalue weighted by Crippen LogP contribution is 2.13. The molecule has 0 aliphatic carbocycles. The van der Waals surface area contributed by atoms with E-state index in [2.05, 4.69) is 22.9 Å². The van der Waals surface area contributed by atoms with Crippen LogP contribution in [-0.4, -0.2) is 17.4 Å². The van der Waals surface area contributed by atoms with Crippen LogP contribution in [0.2, 0.25) is 0 Å². The lowest BCUT2D eigenvalue weighted by Crippen LogP contribution is -2.16. The fraction of sp³-hybridized carbons (Fsp3) is 0.909. The lowest BCUT2D eigenvalue weighted by Gasteiger charge is -2.16. The summed E-state index contributed by atoms with van der Waals surface area (Å²) < 4.78 is 5.24. The molecule has 1 atom stereocenters. The zero-order valence-electron chi connectivity index (χ0n) is 9.22. The Morgan fingerprint density at radius 2 is 1.93 bits per heavy atom. The van der Waals surface area contributed by atoms with Crippen molar-refractivity contribution in [3.63, 3.8) is 0 Å². The van der Waals surface area contributed by atoms with E-state index in [1.165, 1.54) is 19.8 Å². The molecule has 0 aromatic heterocycles. The predicted octanol–water partition coefficient (Wildman–Crippen LogP) is 3.67. The summed E-state index contributed by atoms with van der Waals surface area (Å²) >= 11 is 3.39. The average molecular weight is 265 g/mol. The smallest absolute Gasteiger partial charge is 0.302 e. The Hall–Kier alpha value is -0.0500. The molecule has 0 saturated carbocycles. The quantitative estimate of drug-likeness (QED) is 0.380. The number of halogens is 1. The van der Waals surface area contributed by atoms with Crippen molar-refractivity contribution in [2.24, 2.45) is 0 Å². The van der Waals surface area contributed by atoms with Crippen molar-refractivity contribution < 1.29 is 9.53 Å². The maximum absolute atomic E-state index is 10.8. The summed E-state index contributed by atoms with van der Waals surface area (Å²) in [6.07, 6.45) is 6.81. The Morgan fingerprint density at radius 1 is 1.29 bits per heavy atom. The summed E-state index contributed by atoms with van der Waals surface area (Å²) in [4.78, 5) is 10.8. The number of esters is 1. The van der Waals surface area contributed by atoms with Crippen molar-refractivity contribution in [3.05, 3.63) is 0 Å². The van der Waals surface area contributed by atoms with Gasteiger partial charge >= 0.3 is 5.97 Å². The van der Waals surface area contributed by atoms with Crippen molar-refractivity contribution in [2.75, 3.05) is 5.33 Å². The van der Waals surface area contributed by atoms with Gasteiger partial charge in [0.25, 0.3) is 0 Å². The van der Waals surface area contributed by atoms with Gasteiger partial charge in [-0.3, -0.25) is 4.79 Å². The molecule has 0 aliphatic heterocycles. The Labute approximate surface area is 95.5 Å². The molecule has 0 fully saturated rings. The first-order valence-electron chi connectivity index (χ1n) is 5.43. The molecule has 0 spiro atoms. The average Bonchev–Trinajstić information content (AvgIpc) is 2.13. The Kier molecular flexibility index (Phi) is 9.47. The maximum Gasteiger partial charge on any atom is 0.302 e. The molecule has 3 heteroatoms. The molecule has 14 heavy (non-hydrogen) atoms. The van der Waals surface area contributed by atoms with Crippen LogP contribution >= 0.6 is 15.9 Å². The van der Waals surface area contributed by atoms with Gasteiger partial charge in [0.05, 0.1) is 0 Å².